The lowest BCUT2D eigenvalue weighted by Crippen LogP contribution is -2.19. The first-order chi connectivity index (χ1) is 5.94. The molecule has 1 rings (SSSR count). The Kier molecular flexibility index (Phi) is 2.40. The molecule has 6 heteroatoms. The Bertz CT molecular complexity index is 316. The van der Waals surface area contributed by atoms with E-state index in [0.717, 1.165) is 10.9 Å². The van der Waals surface area contributed by atoms with E-state index in [9.17, 15) is 18.0 Å². The monoisotopic (exact) mass is 192 g/mol. The van der Waals surface area contributed by atoms with Gasteiger partial charge in [-0.3, -0.25) is 9.48 Å². The Hall–Kier alpha value is -1.33. The van der Waals surface area contributed by atoms with Gasteiger partial charge < -0.3 is 0 Å². The fourth-order valence-corrected chi connectivity index (χ4v) is 0.906. The third kappa shape index (κ3) is 2.30. The van der Waals surface area contributed by atoms with Gasteiger partial charge in [-0.2, -0.15) is 18.3 Å². The summed E-state index contributed by atoms with van der Waals surface area (Å²) in [5, 5.41) is 3.44. The van der Waals surface area contributed by atoms with Crippen LogP contribution in [-0.4, -0.2) is 22.2 Å². The number of carbonyl (C=O) groups excluding carboxylic acids is 1. The topological polar surface area (TPSA) is 34.9 Å². The van der Waals surface area contributed by atoms with Crippen molar-refractivity contribution in [2.24, 2.45) is 0 Å². The maximum Gasteiger partial charge on any atom is 0.408 e. The van der Waals surface area contributed by atoms with Crippen LogP contribution in [0.15, 0.2) is 6.20 Å². The molecule has 1 heterocycles. The lowest BCUT2D eigenvalue weighted by molar-refractivity contribution is -0.142. The predicted octanol–water partition coefficient (Wildman–Crippen LogP) is 1.57. The number of hydrogen-bond donors (Lipinski definition) is 0. The molecule has 0 fully saturated rings. The lowest BCUT2D eigenvalue weighted by Gasteiger charge is -2.07. The Morgan fingerprint density at radius 1 is 1.62 bits per heavy atom. The minimum Gasteiger partial charge on any atom is -0.298 e. The van der Waals surface area contributed by atoms with Crippen LogP contribution in [0.2, 0.25) is 0 Å². The highest BCUT2D eigenvalue weighted by Gasteiger charge is 2.29. The largest absolute Gasteiger partial charge is 0.408 e. The van der Waals surface area contributed by atoms with Crippen LogP contribution in [0, 0.1) is 6.92 Å². The maximum absolute atomic E-state index is 11.9. The molecule has 0 atom stereocenters. The summed E-state index contributed by atoms with van der Waals surface area (Å²) in [6.45, 7) is 0.259. The van der Waals surface area contributed by atoms with Crippen LogP contribution in [0.25, 0.3) is 0 Å². The van der Waals surface area contributed by atoms with Crippen molar-refractivity contribution < 1.29 is 18.0 Å². The quantitative estimate of drug-likeness (QED) is 0.666. The van der Waals surface area contributed by atoms with Gasteiger partial charge >= 0.3 is 6.18 Å². The van der Waals surface area contributed by atoms with Gasteiger partial charge in [0, 0.05) is 5.69 Å². The highest BCUT2D eigenvalue weighted by molar-refractivity contribution is 5.75. The summed E-state index contributed by atoms with van der Waals surface area (Å²) >= 11 is 0. The Labute approximate surface area is 72.2 Å². The lowest BCUT2D eigenvalue weighted by atomic mass is 10.3. The van der Waals surface area contributed by atoms with E-state index in [1.54, 1.807) is 0 Å². The normalized spacial score (nSPS) is 11.7. The van der Waals surface area contributed by atoms with Crippen LogP contribution in [0.4, 0.5) is 13.2 Å². The van der Waals surface area contributed by atoms with E-state index in [4.69, 9.17) is 0 Å². The van der Waals surface area contributed by atoms with Gasteiger partial charge in [0.1, 0.15) is 6.54 Å². The number of rotatable bonds is 2. The van der Waals surface area contributed by atoms with Crippen LogP contribution in [-0.2, 0) is 6.54 Å². The number of alkyl halides is 3. The van der Waals surface area contributed by atoms with E-state index >= 15 is 0 Å². The third-order valence-corrected chi connectivity index (χ3v) is 1.60. The molecular formula is C7H7F3N2O. The minimum absolute atomic E-state index is 0.184. The number of carbonyl (C=O) groups is 1. The van der Waals surface area contributed by atoms with Gasteiger partial charge in [-0.25, -0.2) is 0 Å². The van der Waals surface area contributed by atoms with Crippen molar-refractivity contribution in [3.8, 4) is 0 Å². The van der Waals surface area contributed by atoms with Crippen molar-refractivity contribution in [1.82, 2.24) is 9.78 Å². The van der Waals surface area contributed by atoms with Crippen LogP contribution in [0.5, 0.6) is 0 Å². The number of nitrogens with zero attached hydrogens (tertiary/aromatic N) is 2. The first kappa shape index (κ1) is 9.76. The van der Waals surface area contributed by atoms with E-state index in [1.807, 2.05) is 0 Å². The molecule has 0 amide bonds. The molecule has 1 aromatic heterocycles. The molecule has 0 spiro atoms. The Morgan fingerprint density at radius 2 is 2.23 bits per heavy atom. The zero-order chi connectivity index (χ0) is 10.1. The first-order valence-electron chi connectivity index (χ1n) is 3.48. The molecule has 0 aliphatic rings. The van der Waals surface area contributed by atoms with Crippen LogP contribution in [0.1, 0.15) is 16.1 Å². The summed E-state index contributed by atoms with van der Waals surface area (Å²) in [6, 6.07) is 0. The Balaban J connectivity index is 2.90. The fourth-order valence-electron chi connectivity index (χ4n) is 0.906. The molecule has 0 aliphatic carbocycles. The van der Waals surface area contributed by atoms with Crippen LogP contribution in [0.3, 0.4) is 0 Å². The smallest absolute Gasteiger partial charge is 0.298 e. The zero-order valence-electron chi connectivity index (χ0n) is 6.80. The average molecular weight is 192 g/mol. The highest BCUT2D eigenvalue weighted by Crippen LogP contribution is 2.18. The maximum atomic E-state index is 11.9. The molecule has 13 heavy (non-hydrogen) atoms. The summed E-state index contributed by atoms with van der Waals surface area (Å²) < 4.78 is 36.4. The van der Waals surface area contributed by atoms with Gasteiger partial charge in [0.05, 0.1) is 11.8 Å². The van der Waals surface area contributed by atoms with Gasteiger partial charge in [-0.15, -0.1) is 0 Å². The van der Waals surface area contributed by atoms with Gasteiger partial charge in [-0.05, 0) is 6.92 Å². The van der Waals surface area contributed by atoms with Crippen molar-refractivity contribution in [3.05, 3.63) is 17.5 Å². The molecule has 0 unspecified atom stereocenters. The second kappa shape index (κ2) is 3.20. The van der Waals surface area contributed by atoms with Gasteiger partial charge in [0.15, 0.2) is 6.29 Å². The molecule has 0 saturated carbocycles. The number of aromatic nitrogens is 2. The van der Waals surface area contributed by atoms with E-state index in [2.05, 4.69) is 5.10 Å². The molecule has 72 valence electrons. The predicted molar refractivity (Wildman–Crippen MR) is 38.4 cm³/mol. The summed E-state index contributed by atoms with van der Waals surface area (Å²) in [4.78, 5) is 10.3. The van der Waals surface area contributed by atoms with E-state index in [0.29, 0.717) is 6.29 Å². The summed E-state index contributed by atoms with van der Waals surface area (Å²) in [7, 11) is 0. The van der Waals surface area contributed by atoms with Crippen molar-refractivity contribution >= 4 is 6.29 Å². The first-order valence-corrected chi connectivity index (χ1v) is 3.48. The highest BCUT2D eigenvalue weighted by atomic mass is 19.4. The molecule has 0 radical (unpaired) electrons. The molecule has 0 aromatic carbocycles. The average Bonchev–Trinajstić information content (AvgIpc) is 2.30. The van der Waals surface area contributed by atoms with Crippen molar-refractivity contribution in [2.45, 2.75) is 19.6 Å². The van der Waals surface area contributed by atoms with Crippen molar-refractivity contribution in [1.29, 1.82) is 0 Å². The standard InChI is InChI=1S/C7H7F3N2O/c1-5-6(3-13)2-11-12(5)4-7(8,9)10/h2-3H,4H2,1H3. The molecule has 0 aliphatic heterocycles. The van der Waals surface area contributed by atoms with Gasteiger partial charge in [0.25, 0.3) is 0 Å². The summed E-state index contributed by atoms with van der Waals surface area (Å²) in [5.74, 6) is 0. The van der Waals surface area contributed by atoms with Crippen molar-refractivity contribution in [2.75, 3.05) is 0 Å². The summed E-state index contributed by atoms with van der Waals surface area (Å²) in [6.07, 6.45) is -2.71. The third-order valence-electron chi connectivity index (χ3n) is 1.60. The van der Waals surface area contributed by atoms with Crippen molar-refractivity contribution in [3.63, 3.8) is 0 Å². The van der Waals surface area contributed by atoms with Gasteiger partial charge in [-0.1, -0.05) is 0 Å². The van der Waals surface area contributed by atoms with E-state index in [-0.39, 0.29) is 11.3 Å². The van der Waals surface area contributed by atoms with Crippen LogP contribution < -0.4 is 0 Å². The van der Waals surface area contributed by atoms with E-state index < -0.39 is 12.7 Å². The number of hydrogen-bond acceptors (Lipinski definition) is 2. The number of halogens is 3. The van der Waals surface area contributed by atoms with Gasteiger partial charge in [0.2, 0.25) is 0 Å². The minimum atomic E-state index is -4.31. The molecule has 1 aromatic rings. The van der Waals surface area contributed by atoms with E-state index in [1.165, 1.54) is 6.92 Å². The second-order valence-corrected chi connectivity index (χ2v) is 2.58. The molecule has 3 nitrogen and oxygen atoms in total. The number of aldehydes is 1. The second-order valence-electron chi connectivity index (χ2n) is 2.58. The fraction of sp³-hybridized carbons (Fsp3) is 0.429. The zero-order valence-corrected chi connectivity index (χ0v) is 6.80. The molecule has 0 bridgehead atoms. The molecule has 0 N–H and O–H groups in total. The van der Waals surface area contributed by atoms with Crippen LogP contribution >= 0.6 is 0 Å². The Morgan fingerprint density at radius 3 is 2.62 bits per heavy atom. The molecular weight excluding hydrogens is 185 g/mol. The molecule has 0 saturated heterocycles. The SMILES string of the molecule is Cc1c(C=O)cnn1CC(F)(F)F. The summed E-state index contributed by atoms with van der Waals surface area (Å²) in [5.41, 5.74) is 0.413.